The van der Waals surface area contributed by atoms with Gasteiger partial charge in [-0.05, 0) is 19.9 Å². The summed E-state index contributed by atoms with van der Waals surface area (Å²) in [5.74, 6) is 0. The van der Waals surface area contributed by atoms with Crippen molar-refractivity contribution in [3.05, 3.63) is 11.3 Å². The molecule has 0 radical (unpaired) electrons. The third-order valence-electron chi connectivity index (χ3n) is 3.09. The van der Waals surface area contributed by atoms with Gasteiger partial charge in [-0.1, -0.05) is 6.92 Å². The number of rotatable bonds is 6. The first-order valence-corrected chi connectivity index (χ1v) is 7.87. The predicted molar refractivity (Wildman–Crippen MR) is 70.3 cm³/mol. The van der Waals surface area contributed by atoms with Crippen LogP contribution in [0.3, 0.4) is 0 Å². The number of aromatic nitrogens is 2. The lowest BCUT2D eigenvalue weighted by Gasteiger charge is -2.11. The van der Waals surface area contributed by atoms with Crippen LogP contribution in [-0.2, 0) is 21.3 Å². The van der Waals surface area contributed by atoms with Gasteiger partial charge in [0.05, 0.1) is 6.61 Å². The molecule has 0 spiro atoms. The largest absolute Gasteiger partial charge is 0.380 e. The van der Waals surface area contributed by atoms with Gasteiger partial charge in [0.1, 0.15) is 0 Å². The summed E-state index contributed by atoms with van der Waals surface area (Å²) < 4.78 is 32.4. The predicted octanol–water partition coefficient (Wildman–Crippen LogP) is -0.105. The lowest BCUT2D eigenvalue weighted by molar-refractivity contribution is 0.192. The van der Waals surface area contributed by atoms with E-state index in [1.165, 1.54) is 0 Å². The maximum Gasteiger partial charge on any atom is 0.260 e. The number of aryl methyl sites for hydroxylation is 1. The monoisotopic (exact) mass is 288 g/mol. The zero-order valence-electron chi connectivity index (χ0n) is 11.2. The third-order valence-corrected chi connectivity index (χ3v) is 4.58. The number of ether oxygens (including phenoxy) is 1. The van der Waals surface area contributed by atoms with Crippen molar-refractivity contribution in [2.75, 3.05) is 19.8 Å². The second kappa shape index (κ2) is 6.00. The van der Waals surface area contributed by atoms with E-state index in [0.717, 1.165) is 12.2 Å². The molecule has 0 aromatic carbocycles. The number of H-pyrrole nitrogens is 1. The molecule has 7 nitrogen and oxygen atoms in total. The first-order chi connectivity index (χ1) is 9.04. The number of hydrogen-bond acceptors (Lipinski definition) is 5. The van der Waals surface area contributed by atoms with E-state index in [1.54, 1.807) is 0 Å². The van der Waals surface area contributed by atoms with E-state index in [9.17, 15) is 8.42 Å². The second-order valence-electron chi connectivity index (χ2n) is 4.59. The molecule has 0 saturated carbocycles. The van der Waals surface area contributed by atoms with Crippen molar-refractivity contribution in [3.8, 4) is 0 Å². The fourth-order valence-electron chi connectivity index (χ4n) is 2.01. The highest BCUT2D eigenvalue weighted by molar-refractivity contribution is 7.89. The van der Waals surface area contributed by atoms with E-state index < -0.39 is 10.0 Å². The first-order valence-electron chi connectivity index (χ1n) is 6.39. The summed E-state index contributed by atoms with van der Waals surface area (Å²) in [6.45, 7) is 6.06. The van der Waals surface area contributed by atoms with Gasteiger partial charge in [0, 0.05) is 30.5 Å². The number of nitrogens with zero attached hydrogens (tertiary/aromatic N) is 1. The minimum absolute atomic E-state index is 0.0813. The van der Waals surface area contributed by atoms with Crippen LogP contribution in [0.25, 0.3) is 0 Å². The maximum absolute atomic E-state index is 12.3. The van der Waals surface area contributed by atoms with Gasteiger partial charge in [0.15, 0.2) is 5.03 Å². The van der Waals surface area contributed by atoms with Crippen LogP contribution in [0.1, 0.15) is 24.6 Å². The molecule has 1 saturated heterocycles. The lowest BCUT2D eigenvalue weighted by Crippen LogP contribution is -2.36. The molecule has 1 atom stereocenters. The maximum atomic E-state index is 12.3. The van der Waals surface area contributed by atoms with Gasteiger partial charge in [0.25, 0.3) is 10.0 Å². The van der Waals surface area contributed by atoms with Gasteiger partial charge in [-0.25, -0.2) is 13.1 Å². The van der Waals surface area contributed by atoms with Crippen molar-refractivity contribution in [2.24, 2.45) is 0 Å². The standard InChI is InChI=1S/C11H20N4O3S/c1-3-12-6-10-8(2)13-14-11(10)19(16,17)15-9-4-5-18-7-9/h9,12,15H,3-7H2,1-2H3,(H,13,14). The van der Waals surface area contributed by atoms with Crippen molar-refractivity contribution in [1.29, 1.82) is 0 Å². The highest BCUT2D eigenvalue weighted by Gasteiger charge is 2.28. The fraction of sp³-hybridized carbons (Fsp3) is 0.727. The van der Waals surface area contributed by atoms with Crippen molar-refractivity contribution >= 4 is 10.0 Å². The van der Waals surface area contributed by atoms with Crippen LogP contribution >= 0.6 is 0 Å². The molecule has 1 aliphatic rings. The van der Waals surface area contributed by atoms with E-state index >= 15 is 0 Å². The van der Waals surface area contributed by atoms with Crippen LogP contribution in [0.15, 0.2) is 5.03 Å². The molecule has 2 heterocycles. The van der Waals surface area contributed by atoms with Crippen LogP contribution < -0.4 is 10.0 Å². The van der Waals surface area contributed by atoms with Crippen molar-refractivity contribution in [1.82, 2.24) is 20.2 Å². The Morgan fingerprint density at radius 2 is 2.32 bits per heavy atom. The average Bonchev–Trinajstić information content (AvgIpc) is 2.96. The van der Waals surface area contributed by atoms with E-state index in [0.29, 0.717) is 31.7 Å². The number of hydrogen-bond donors (Lipinski definition) is 3. The summed E-state index contributed by atoms with van der Waals surface area (Å²) in [4.78, 5) is 0. The molecule has 1 unspecified atom stereocenters. The Hall–Kier alpha value is -0.960. The zero-order chi connectivity index (χ0) is 13.9. The molecule has 8 heteroatoms. The van der Waals surface area contributed by atoms with Crippen molar-refractivity contribution in [3.63, 3.8) is 0 Å². The summed E-state index contributed by atoms with van der Waals surface area (Å²) in [5.41, 5.74) is 1.46. The highest BCUT2D eigenvalue weighted by atomic mass is 32.2. The molecule has 0 amide bonds. The first kappa shape index (κ1) is 14.4. The molecule has 1 aromatic rings. The SMILES string of the molecule is CCNCc1c(S(=O)(=O)NC2CCOC2)n[nH]c1C. The Labute approximate surface area is 113 Å². The van der Waals surface area contributed by atoms with E-state index in [1.807, 2.05) is 13.8 Å². The summed E-state index contributed by atoms with van der Waals surface area (Å²) >= 11 is 0. The number of nitrogens with one attached hydrogen (secondary N) is 3. The molecule has 2 rings (SSSR count). The minimum atomic E-state index is -3.60. The Balaban J connectivity index is 2.19. The molecular formula is C11H20N4O3S. The molecule has 0 aliphatic carbocycles. The third kappa shape index (κ3) is 3.33. The molecule has 1 fully saturated rings. The zero-order valence-corrected chi connectivity index (χ0v) is 12.0. The minimum Gasteiger partial charge on any atom is -0.380 e. The van der Waals surface area contributed by atoms with Crippen molar-refractivity contribution < 1.29 is 13.2 Å². The lowest BCUT2D eigenvalue weighted by atomic mass is 10.2. The van der Waals surface area contributed by atoms with Gasteiger partial charge in [-0.2, -0.15) is 5.10 Å². The highest BCUT2D eigenvalue weighted by Crippen LogP contribution is 2.17. The van der Waals surface area contributed by atoms with Gasteiger partial charge >= 0.3 is 0 Å². The fourth-order valence-corrected chi connectivity index (χ4v) is 3.46. The van der Waals surface area contributed by atoms with E-state index in [4.69, 9.17) is 4.74 Å². The Kier molecular flexibility index (Phi) is 4.56. The number of sulfonamides is 1. The van der Waals surface area contributed by atoms with Crippen LogP contribution in [0, 0.1) is 6.92 Å². The topological polar surface area (TPSA) is 96.1 Å². The van der Waals surface area contributed by atoms with Gasteiger partial charge in [-0.15, -0.1) is 0 Å². The smallest absolute Gasteiger partial charge is 0.260 e. The van der Waals surface area contributed by atoms with E-state index in [2.05, 4.69) is 20.2 Å². The van der Waals surface area contributed by atoms with Crippen LogP contribution in [-0.4, -0.2) is 44.4 Å². The average molecular weight is 288 g/mol. The van der Waals surface area contributed by atoms with Gasteiger partial charge < -0.3 is 10.1 Å². The van der Waals surface area contributed by atoms with Crippen LogP contribution in [0.4, 0.5) is 0 Å². The molecule has 19 heavy (non-hydrogen) atoms. The summed E-state index contributed by atoms with van der Waals surface area (Å²) in [7, 11) is -3.60. The number of aromatic amines is 1. The molecule has 3 N–H and O–H groups in total. The van der Waals surface area contributed by atoms with Crippen LogP contribution in [0.2, 0.25) is 0 Å². The molecule has 1 aliphatic heterocycles. The summed E-state index contributed by atoms with van der Waals surface area (Å²) in [5, 5.41) is 9.86. The molecule has 1 aromatic heterocycles. The van der Waals surface area contributed by atoms with Crippen LogP contribution in [0.5, 0.6) is 0 Å². The van der Waals surface area contributed by atoms with Gasteiger partial charge in [-0.3, -0.25) is 5.10 Å². The Bertz CT molecular complexity index is 520. The normalized spacial score (nSPS) is 20.0. The van der Waals surface area contributed by atoms with E-state index in [-0.39, 0.29) is 11.1 Å². The Morgan fingerprint density at radius 1 is 1.53 bits per heavy atom. The molecular weight excluding hydrogens is 268 g/mol. The van der Waals surface area contributed by atoms with Gasteiger partial charge in [0.2, 0.25) is 0 Å². The Morgan fingerprint density at radius 3 is 2.95 bits per heavy atom. The second-order valence-corrected chi connectivity index (χ2v) is 6.22. The van der Waals surface area contributed by atoms with Crippen molar-refractivity contribution in [2.45, 2.75) is 37.9 Å². The summed E-state index contributed by atoms with van der Waals surface area (Å²) in [6, 6.07) is -0.158. The molecule has 0 bridgehead atoms. The molecule has 108 valence electrons. The quantitative estimate of drug-likeness (QED) is 0.679. The summed E-state index contributed by atoms with van der Waals surface area (Å²) in [6.07, 6.45) is 0.700.